The summed E-state index contributed by atoms with van der Waals surface area (Å²) < 4.78 is 30.5. The van der Waals surface area contributed by atoms with E-state index in [4.69, 9.17) is 5.11 Å². The first kappa shape index (κ1) is 14.5. The second-order valence-corrected chi connectivity index (χ2v) is 5.28. The van der Waals surface area contributed by atoms with Crippen LogP contribution in [-0.4, -0.2) is 50.0 Å². The SMILES string of the molecule is COC(=O)CCCN1C=C(C(=O)O)CNS1(=O)=O. The maximum atomic E-state index is 11.6. The maximum Gasteiger partial charge on any atom is 0.334 e. The molecule has 0 aromatic heterocycles. The van der Waals surface area contributed by atoms with Gasteiger partial charge < -0.3 is 9.84 Å². The van der Waals surface area contributed by atoms with E-state index in [0.29, 0.717) is 0 Å². The maximum absolute atomic E-state index is 11.6. The van der Waals surface area contributed by atoms with Crippen molar-refractivity contribution in [2.24, 2.45) is 0 Å². The lowest BCUT2D eigenvalue weighted by Crippen LogP contribution is -2.44. The molecular weight excluding hydrogens is 264 g/mol. The fraction of sp³-hybridized carbons (Fsp3) is 0.556. The monoisotopic (exact) mass is 278 g/mol. The zero-order chi connectivity index (χ0) is 13.8. The number of esters is 1. The summed E-state index contributed by atoms with van der Waals surface area (Å²) in [5.41, 5.74) is -0.0529. The van der Waals surface area contributed by atoms with Gasteiger partial charge >= 0.3 is 22.1 Å². The molecule has 0 fully saturated rings. The Bertz CT molecular complexity index is 469. The molecule has 0 amide bonds. The van der Waals surface area contributed by atoms with Crippen molar-refractivity contribution >= 4 is 22.1 Å². The van der Waals surface area contributed by atoms with Crippen LogP contribution in [0.3, 0.4) is 0 Å². The Morgan fingerprint density at radius 2 is 2.22 bits per heavy atom. The Hall–Kier alpha value is -1.61. The van der Waals surface area contributed by atoms with E-state index in [-0.39, 0.29) is 31.5 Å². The molecule has 0 aromatic rings. The third kappa shape index (κ3) is 3.70. The highest BCUT2D eigenvalue weighted by atomic mass is 32.2. The van der Waals surface area contributed by atoms with Crippen molar-refractivity contribution < 1.29 is 27.9 Å². The predicted molar refractivity (Wildman–Crippen MR) is 60.6 cm³/mol. The molecule has 0 saturated heterocycles. The van der Waals surface area contributed by atoms with Gasteiger partial charge in [-0.3, -0.25) is 9.10 Å². The van der Waals surface area contributed by atoms with E-state index in [9.17, 15) is 18.0 Å². The van der Waals surface area contributed by atoms with E-state index >= 15 is 0 Å². The zero-order valence-corrected chi connectivity index (χ0v) is 10.6. The largest absolute Gasteiger partial charge is 0.478 e. The molecule has 18 heavy (non-hydrogen) atoms. The van der Waals surface area contributed by atoms with Crippen molar-refractivity contribution in [3.05, 3.63) is 11.8 Å². The molecule has 1 aliphatic heterocycles. The zero-order valence-electron chi connectivity index (χ0n) is 9.75. The first-order valence-electron chi connectivity index (χ1n) is 5.14. The van der Waals surface area contributed by atoms with Gasteiger partial charge in [0, 0.05) is 25.7 Å². The summed E-state index contributed by atoms with van der Waals surface area (Å²) >= 11 is 0. The Balaban J connectivity index is 2.67. The van der Waals surface area contributed by atoms with E-state index < -0.39 is 22.1 Å². The van der Waals surface area contributed by atoms with Gasteiger partial charge in [-0.15, -0.1) is 0 Å². The van der Waals surface area contributed by atoms with Crippen molar-refractivity contribution in [1.82, 2.24) is 9.03 Å². The van der Waals surface area contributed by atoms with Crippen LogP contribution in [0.25, 0.3) is 0 Å². The molecule has 1 aliphatic rings. The minimum Gasteiger partial charge on any atom is -0.478 e. The fourth-order valence-electron chi connectivity index (χ4n) is 1.34. The summed E-state index contributed by atoms with van der Waals surface area (Å²) in [4.78, 5) is 21.6. The van der Waals surface area contributed by atoms with Gasteiger partial charge in [0.1, 0.15) is 0 Å². The van der Waals surface area contributed by atoms with Crippen LogP contribution in [0.1, 0.15) is 12.8 Å². The lowest BCUT2D eigenvalue weighted by molar-refractivity contribution is -0.140. The smallest absolute Gasteiger partial charge is 0.334 e. The second kappa shape index (κ2) is 5.83. The molecule has 0 unspecified atom stereocenters. The van der Waals surface area contributed by atoms with Gasteiger partial charge in [-0.1, -0.05) is 0 Å². The minimum atomic E-state index is -3.70. The number of carboxylic acid groups (broad SMARTS) is 1. The van der Waals surface area contributed by atoms with E-state index in [0.717, 1.165) is 10.5 Å². The number of ether oxygens (including phenoxy) is 1. The quantitative estimate of drug-likeness (QED) is 0.627. The number of carbonyl (C=O) groups is 2. The minimum absolute atomic E-state index is 0.0151. The molecule has 0 spiro atoms. The predicted octanol–water partition coefficient (Wildman–Crippen LogP) is -0.942. The summed E-state index contributed by atoms with van der Waals surface area (Å²) in [7, 11) is -2.46. The van der Waals surface area contributed by atoms with Gasteiger partial charge in [-0.2, -0.15) is 13.1 Å². The third-order valence-electron chi connectivity index (χ3n) is 2.32. The molecule has 0 bridgehead atoms. The molecule has 0 aliphatic carbocycles. The average molecular weight is 278 g/mol. The summed E-state index contributed by atoms with van der Waals surface area (Å²) in [6, 6.07) is 0. The highest BCUT2D eigenvalue weighted by Crippen LogP contribution is 2.11. The van der Waals surface area contributed by atoms with Crippen LogP contribution in [-0.2, 0) is 24.5 Å². The summed E-state index contributed by atoms with van der Waals surface area (Å²) in [5, 5.41) is 8.77. The second-order valence-electron chi connectivity index (χ2n) is 3.58. The van der Waals surface area contributed by atoms with Crippen molar-refractivity contribution in [1.29, 1.82) is 0 Å². The van der Waals surface area contributed by atoms with Crippen LogP contribution < -0.4 is 4.72 Å². The van der Waals surface area contributed by atoms with Crippen molar-refractivity contribution in [2.75, 3.05) is 20.2 Å². The number of carbonyl (C=O) groups excluding carboxylic acids is 1. The highest BCUT2D eigenvalue weighted by Gasteiger charge is 2.26. The van der Waals surface area contributed by atoms with Crippen LogP contribution in [0, 0.1) is 0 Å². The molecule has 0 saturated carbocycles. The first-order chi connectivity index (χ1) is 8.36. The third-order valence-corrected chi connectivity index (χ3v) is 3.73. The van der Waals surface area contributed by atoms with Crippen molar-refractivity contribution in [2.45, 2.75) is 12.8 Å². The van der Waals surface area contributed by atoms with Gasteiger partial charge in [0.2, 0.25) is 0 Å². The molecule has 1 heterocycles. The average Bonchev–Trinajstić information content (AvgIpc) is 2.30. The van der Waals surface area contributed by atoms with Crippen LogP contribution in [0.2, 0.25) is 0 Å². The van der Waals surface area contributed by atoms with Gasteiger partial charge in [0.05, 0.1) is 12.7 Å². The molecule has 0 radical (unpaired) electrons. The molecule has 0 aromatic carbocycles. The van der Waals surface area contributed by atoms with E-state index in [1.54, 1.807) is 0 Å². The number of carboxylic acids is 1. The topological polar surface area (TPSA) is 113 Å². The molecule has 102 valence electrons. The van der Waals surface area contributed by atoms with Crippen LogP contribution >= 0.6 is 0 Å². The lowest BCUT2D eigenvalue weighted by atomic mass is 10.3. The molecule has 2 N–H and O–H groups in total. The van der Waals surface area contributed by atoms with Gasteiger partial charge in [-0.05, 0) is 6.42 Å². The number of methoxy groups -OCH3 is 1. The van der Waals surface area contributed by atoms with Crippen molar-refractivity contribution in [3.8, 4) is 0 Å². The Morgan fingerprint density at radius 3 is 2.78 bits per heavy atom. The number of hydrogen-bond acceptors (Lipinski definition) is 5. The van der Waals surface area contributed by atoms with Crippen LogP contribution in [0.4, 0.5) is 0 Å². The number of hydrogen-bond donors (Lipinski definition) is 2. The van der Waals surface area contributed by atoms with Crippen LogP contribution in [0.5, 0.6) is 0 Å². The van der Waals surface area contributed by atoms with Gasteiger partial charge in [0.15, 0.2) is 0 Å². The standard InChI is InChI=1S/C9H14N2O6S/c1-17-8(12)3-2-4-11-6-7(9(13)14)5-10-18(11,15)16/h6,10H,2-5H2,1H3,(H,13,14). The summed E-state index contributed by atoms with van der Waals surface area (Å²) in [5.74, 6) is -1.63. The van der Waals surface area contributed by atoms with Gasteiger partial charge in [-0.25, -0.2) is 4.79 Å². The summed E-state index contributed by atoms with van der Waals surface area (Å²) in [6.07, 6.45) is 1.38. The van der Waals surface area contributed by atoms with E-state index in [1.807, 2.05) is 0 Å². The fourth-order valence-corrected chi connectivity index (χ4v) is 2.48. The normalized spacial score (nSPS) is 18.1. The number of nitrogens with one attached hydrogen (secondary N) is 1. The van der Waals surface area contributed by atoms with E-state index in [2.05, 4.69) is 9.46 Å². The van der Waals surface area contributed by atoms with Crippen molar-refractivity contribution in [3.63, 3.8) is 0 Å². The number of nitrogens with zero attached hydrogens (tertiary/aromatic N) is 1. The number of rotatable bonds is 5. The Morgan fingerprint density at radius 1 is 1.56 bits per heavy atom. The first-order valence-corrected chi connectivity index (χ1v) is 6.58. The Kier molecular flexibility index (Phi) is 4.68. The van der Waals surface area contributed by atoms with Crippen LogP contribution in [0.15, 0.2) is 11.8 Å². The van der Waals surface area contributed by atoms with E-state index in [1.165, 1.54) is 7.11 Å². The summed E-state index contributed by atoms with van der Waals surface area (Å²) in [6.45, 7) is -0.230. The van der Waals surface area contributed by atoms with Gasteiger partial charge in [0.25, 0.3) is 0 Å². The Labute approximate surface area is 104 Å². The molecule has 1 rings (SSSR count). The molecular formula is C9H14N2O6S. The highest BCUT2D eigenvalue weighted by molar-refractivity contribution is 7.87. The molecule has 0 atom stereocenters. The molecule has 9 heteroatoms. The molecule has 8 nitrogen and oxygen atoms in total. The lowest BCUT2D eigenvalue weighted by Gasteiger charge is -2.25. The number of aliphatic carboxylic acids is 1.